The van der Waals surface area contributed by atoms with Gasteiger partial charge in [0, 0.05) is 36.0 Å². The lowest BCUT2D eigenvalue weighted by Crippen LogP contribution is -1.99. The SMILES string of the molecule is CC(=O)O.CCCCCCC(=N)c1cn(-c2ccccn2)c2ccccc12. The van der Waals surface area contributed by atoms with E-state index in [0.717, 1.165) is 47.8 Å². The molecule has 0 saturated carbocycles. The van der Waals surface area contributed by atoms with Crippen LogP contribution in [0.2, 0.25) is 0 Å². The monoisotopic (exact) mass is 365 g/mol. The highest BCUT2D eigenvalue weighted by molar-refractivity contribution is 6.09. The fourth-order valence-electron chi connectivity index (χ4n) is 2.97. The Morgan fingerprint density at radius 1 is 1.11 bits per heavy atom. The van der Waals surface area contributed by atoms with Gasteiger partial charge in [-0.05, 0) is 31.0 Å². The summed E-state index contributed by atoms with van der Waals surface area (Å²) in [7, 11) is 0. The van der Waals surface area contributed by atoms with Crippen LogP contribution >= 0.6 is 0 Å². The highest BCUT2D eigenvalue weighted by atomic mass is 16.4. The molecule has 0 atom stereocenters. The Balaban J connectivity index is 0.000000596. The number of aromatic nitrogens is 2. The second-order valence-corrected chi connectivity index (χ2v) is 6.43. The van der Waals surface area contributed by atoms with Gasteiger partial charge in [0.05, 0.1) is 5.52 Å². The number of fused-ring (bicyclic) bond motifs is 1. The predicted octanol–water partition coefficient (Wildman–Crippen LogP) is 5.45. The molecule has 0 fully saturated rings. The fourth-order valence-corrected chi connectivity index (χ4v) is 2.97. The quantitative estimate of drug-likeness (QED) is 0.431. The lowest BCUT2D eigenvalue weighted by molar-refractivity contribution is -0.134. The van der Waals surface area contributed by atoms with Gasteiger partial charge in [-0.3, -0.25) is 4.79 Å². The van der Waals surface area contributed by atoms with E-state index in [1.54, 1.807) is 6.20 Å². The van der Waals surface area contributed by atoms with E-state index < -0.39 is 5.97 Å². The zero-order valence-electron chi connectivity index (χ0n) is 16.0. The van der Waals surface area contributed by atoms with Crippen molar-refractivity contribution in [2.75, 3.05) is 0 Å². The lowest BCUT2D eigenvalue weighted by atomic mass is 10.0. The Morgan fingerprint density at radius 3 is 2.48 bits per heavy atom. The first-order chi connectivity index (χ1) is 13.0. The van der Waals surface area contributed by atoms with E-state index in [1.807, 2.05) is 30.3 Å². The summed E-state index contributed by atoms with van der Waals surface area (Å²) in [6.45, 7) is 3.30. The largest absolute Gasteiger partial charge is 0.481 e. The topological polar surface area (TPSA) is 79.0 Å². The van der Waals surface area contributed by atoms with Crippen molar-refractivity contribution < 1.29 is 9.90 Å². The van der Waals surface area contributed by atoms with E-state index in [2.05, 4.69) is 34.8 Å². The minimum Gasteiger partial charge on any atom is -0.481 e. The van der Waals surface area contributed by atoms with Crippen molar-refractivity contribution in [2.24, 2.45) is 0 Å². The molecular weight excluding hydrogens is 338 g/mol. The average Bonchev–Trinajstić information content (AvgIpc) is 3.05. The Kier molecular flexibility index (Phi) is 7.74. The van der Waals surface area contributed by atoms with Gasteiger partial charge in [0.15, 0.2) is 0 Å². The molecule has 2 aromatic heterocycles. The van der Waals surface area contributed by atoms with Crippen molar-refractivity contribution in [3.8, 4) is 5.82 Å². The molecule has 0 aliphatic heterocycles. The fraction of sp³-hybridized carbons (Fsp3) is 0.318. The molecule has 0 saturated heterocycles. The number of carboxylic acids is 1. The second kappa shape index (κ2) is 10.3. The van der Waals surface area contributed by atoms with Crippen LogP contribution in [0.3, 0.4) is 0 Å². The van der Waals surface area contributed by atoms with Crippen LogP contribution in [0.1, 0.15) is 51.5 Å². The summed E-state index contributed by atoms with van der Waals surface area (Å²) in [5, 5.41) is 17.0. The van der Waals surface area contributed by atoms with Crippen LogP contribution in [0.5, 0.6) is 0 Å². The zero-order chi connectivity index (χ0) is 19.6. The summed E-state index contributed by atoms with van der Waals surface area (Å²) in [5.41, 5.74) is 2.87. The molecule has 3 aromatic rings. The molecule has 5 nitrogen and oxygen atoms in total. The molecule has 2 N–H and O–H groups in total. The van der Waals surface area contributed by atoms with Crippen molar-refractivity contribution in [2.45, 2.75) is 46.0 Å². The van der Waals surface area contributed by atoms with Gasteiger partial charge in [-0.2, -0.15) is 0 Å². The standard InChI is InChI=1S/C20H23N3.C2H4O2/c1-2-3-4-5-11-18(21)17-15-23(20-13-8-9-14-22-20)19-12-7-6-10-16(17)19;1-2(3)4/h6-10,12-15,21H,2-5,11H2,1H3;1H3,(H,3,4). The average molecular weight is 365 g/mol. The van der Waals surface area contributed by atoms with Crippen molar-refractivity contribution >= 4 is 22.6 Å². The van der Waals surface area contributed by atoms with Crippen LogP contribution in [-0.4, -0.2) is 26.3 Å². The van der Waals surface area contributed by atoms with Crippen molar-refractivity contribution in [1.29, 1.82) is 5.41 Å². The van der Waals surface area contributed by atoms with E-state index >= 15 is 0 Å². The molecular formula is C22H27N3O2. The van der Waals surface area contributed by atoms with E-state index in [9.17, 15) is 0 Å². The first-order valence-corrected chi connectivity index (χ1v) is 9.33. The number of pyridine rings is 1. The third-order valence-electron chi connectivity index (χ3n) is 4.21. The summed E-state index contributed by atoms with van der Waals surface area (Å²) < 4.78 is 2.09. The summed E-state index contributed by atoms with van der Waals surface area (Å²) in [6.07, 6.45) is 9.49. The highest BCUT2D eigenvalue weighted by Crippen LogP contribution is 2.25. The molecule has 0 aliphatic rings. The number of carboxylic acid groups (broad SMARTS) is 1. The summed E-state index contributed by atoms with van der Waals surface area (Å²) in [6, 6.07) is 14.2. The van der Waals surface area contributed by atoms with Crippen molar-refractivity contribution in [3.05, 3.63) is 60.4 Å². The molecule has 0 amide bonds. The molecule has 0 spiro atoms. The van der Waals surface area contributed by atoms with E-state index in [4.69, 9.17) is 15.3 Å². The molecule has 0 radical (unpaired) electrons. The van der Waals surface area contributed by atoms with Crippen LogP contribution in [0.25, 0.3) is 16.7 Å². The molecule has 3 rings (SSSR count). The Bertz CT molecular complexity index is 881. The smallest absolute Gasteiger partial charge is 0.300 e. The number of hydrogen-bond acceptors (Lipinski definition) is 3. The molecule has 2 heterocycles. The number of carbonyl (C=O) groups is 1. The molecule has 0 unspecified atom stereocenters. The van der Waals surface area contributed by atoms with Gasteiger partial charge in [0.1, 0.15) is 5.82 Å². The third-order valence-corrected chi connectivity index (χ3v) is 4.21. The Morgan fingerprint density at radius 2 is 1.81 bits per heavy atom. The number of benzene rings is 1. The normalized spacial score (nSPS) is 10.3. The number of para-hydroxylation sites is 1. The van der Waals surface area contributed by atoms with Gasteiger partial charge in [0.2, 0.25) is 0 Å². The number of rotatable bonds is 7. The van der Waals surface area contributed by atoms with Gasteiger partial charge in [0.25, 0.3) is 5.97 Å². The lowest BCUT2D eigenvalue weighted by Gasteiger charge is -2.03. The number of nitrogens with zero attached hydrogens (tertiary/aromatic N) is 2. The van der Waals surface area contributed by atoms with Crippen molar-refractivity contribution in [3.63, 3.8) is 0 Å². The Hall–Kier alpha value is -2.95. The first-order valence-electron chi connectivity index (χ1n) is 9.33. The minimum absolute atomic E-state index is 0.729. The van der Waals surface area contributed by atoms with Gasteiger partial charge in [-0.1, -0.05) is 50.5 Å². The third kappa shape index (κ3) is 5.78. The van der Waals surface area contributed by atoms with Crippen LogP contribution in [0.4, 0.5) is 0 Å². The van der Waals surface area contributed by atoms with Crippen molar-refractivity contribution in [1.82, 2.24) is 9.55 Å². The molecule has 0 aliphatic carbocycles. The van der Waals surface area contributed by atoms with Gasteiger partial charge in [-0.25, -0.2) is 4.98 Å². The number of nitrogens with one attached hydrogen (secondary N) is 1. The van der Waals surface area contributed by atoms with E-state index in [-0.39, 0.29) is 0 Å². The van der Waals surface area contributed by atoms with Crippen LogP contribution in [-0.2, 0) is 4.79 Å². The highest BCUT2D eigenvalue weighted by Gasteiger charge is 2.13. The van der Waals surface area contributed by atoms with Gasteiger partial charge >= 0.3 is 0 Å². The maximum absolute atomic E-state index is 9.00. The molecule has 142 valence electrons. The van der Waals surface area contributed by atoms with Crippen LogP contribution in [0, 0.1) is 5.41 Å². The van der Waals surface area contributed by atoms with E-state index in [0.29, 0.717) is 0 Å². The minimum atomic E-state index is -0.833. The maximum Gasteiger partial charge on any atom is 0.300 e. The first kappa shape index (κ1) is 20.4. The molecule has 27 heavy (non-hydrogen) atoms. The van der Waals surface area contributed by atoms with Crippen LogP contribution in [0.15, 0.2) is 54.9 Å². The van der Waals surface area contributed by atoms with Gasteiger partial charge in [-0.15, -0.1) is 0 Å². The maximum atomic E-state index is 9.00. The number of hydrogen-bond donors (Lipinski definition) is 2. The summed E-state index contributed by atoms with van der Waals surface area (Å²) >= 11 is 0. The summed E-state index contributed by atoms with van der Waals surface area (Å²) in [4.78, 5) is 13.5. The van der Waals surface area contributed by atoms with Gasteiger partial charge < -0.3 is 15.1 Å². The number of aliphatic carboxylic acids is 1. The predicted molar refractivity (Wildman–Crippen MR) is 110 cm³/mol. The Labute approximate surface area is 160 Å². The molecule has 1 aromatic carbocycles. The molecule has 5 heteroatoms. The number of unbranched alkanes of at least 4 members (excludes halogenated alkanes) is 3. The van der Waals surface area contributed by atoms with E-state index in [1.165, 1.54) is 19.3 Å². The molecule has 0 bridgehead atoms. The summed E-state index contributed by atoms with van der Waals surface area (Å²) in [5.74, 6) is 0.0636. The zero-order valence-corrected chi connectivity index (χ0v) is 16.0. The van der Waals surface area contributed by atoms with Crippen LogP contribution < -0.4 is 0 Å². The second-order valence-electron chi connectivity index (χ2n) is 6.43.